The summed E-state index contributed by atoms with van der Waals surface area (Å²) in [5.41, 5.74) is 1.09. The lowest BCUT2D eigenvalue weighted by molar-refractivity contribution is -0.384. The Kier molecular flexibility index (Phi) is 4.74. The number of nitrogens with one attached hydrogen (secondary N) is 1. The van der Waals surface area contributed by atoms with Crippen LogP contribution in [0.3, 0.4) is 0 Å². The Hall–Kier alpha value is -1.72. The van der Waals surface area contributed by atoms with Crippen molar-refractivity contribution in [3.63, 3.8) is 0 Å². The van der Waals surface area contributed by atoms with Gasteiger partial charge < -0.3 is 4.74 Å². The number of nitro groups is 1. The molecule has 1 saturated heterocycles. The lowest BCUT2D eigenvalue weighted by atomic mass is 9.70. The second kappa shape index (κ2) is 6.65. The Morgan fingerprint density at radius 3 is 2.67 bits per heavy atom. The maximum absolute atomic E-state index is 10.7. The minimum atomic E-state index is -0.383. The molecule has 3 rings (SSSR count). The average Bonchev–Trinajstić information content (AvgIpc) is 2.52. The summed E-state index contributed by atoms with van der Waals surface area (Å²) in [4.78, 5) is 10.3. The average molecular weight is 330 g/mol. The van der Waals surface area contributed by atoms with Gasteiger partial charge in [-0.15, -0.1) is 0 Å². The highest BCUT2D eigenvalue weighted by atomic mass is 16.6. The Morgan fingerprint density at radius 2 is 2.00 bits per heavy atom. The molecule has 2 fully saturated rings. The molecule has 0 spiro atoms. The summed E-state index contributed by atoms with van der Waals surface area (Å²) >= 11 is 0. The molecule has 0 amide bonds. The van der Waals surface area contributed by atoms with E-state index in [1.165, 1.54) is 25.0 Å². The van der Waals surface area contributed by atoms with Gasteiger partial charge >= 0.3 is 0 Å². The summed E-state index contributed by atoms with van der Waals surface area (Å²) in [6.07, 6.45) is 7.77. The van der Waals surface area contributed by atoms with Crippen LogP contribution in [0, 0.1) is 22.0 Å². The van der Waals surface area contributed by atoms with Gasteiger partial charge in [0.25, 0.3) is 5.69 Å². The van der Waals surface area contributed by atoms with E-state index >= 15 is 0 Å². The highest BCUT2D eigenvalue weighted by Crippen LogP contribution is 2.40. The van der Waals surface area contributed by atoms with Crippen molar-refractivity contribution in [1.82, 2.24) is 5.32 Å². The Bertz CT molecular complexity index is 624. The van der Waals surface area contributed by atoms with Crippen LogP contribution < -0.4 is 5.32 Å². The van der Waals surface area contributed by atoms with Crippen LogP contribution in [0.1, 0.15) is 45.6 Å². The fourth-order valence-corrected chi connectivity index (χ4v) is 4.00. The van der Waals surface area contributed by atoms with Crippen LogP contribution in [0.5, 0.6) is 0 Å². The van der Waals surface area contributed by atoms with Gasteiger partial charge in [-0.25, -0.2) is 0 Å². The van der Waals surface area contributed by atoms with Gasteiger partial charge in [-0.2, -0.15) is 0 Å². The summed E-state index contributed by atoms with van der Waals surface area (Å²) in [6.45, 7) is 6.82. The van der Waals surface area contributed by atoms with Crippen molar-refractivity contribution in [3.8, 4) is 0 Å². The van der Waals surface area contributed by atoms with Crippen molar-refractivity contribution in [1.29, 1.82) is 0 Å². The van der Waals surface area contributed by atoms with Gasteiger partial charge in [0.2, 0.25) is 0 Å². The van der Waals surface area contributed by atoms with Gasteiger partial charge in [0.15, 0.2) is 0 Å². The summed E-state index contributed by atoms with van der Waals surface area (Å²) in [5, 5.41) is 14.3. The SMILES string of the molecule is C[C@@H]1CC[C@@H]2[C@@H](C1)O[C@@H](/C=C/c1ccc([N+](=O)[O-])cc1)NC2(C)C. The van der Waals surface area contributed by atoms with Gasteiger partial charge in [0.1, 0.15) is 6.23 Å². The first-order valence-corrected chi connectivity index (χ1v) is 8.71. The fraction of sp³-hybridized carbons (Fsp3) is 0.579. The molecule has 1 aliphatic carbocycles. The number of rotatable bonds is 3. The van der Waals surface area contributed by atoms with Crippen LogP contribution in [0.4, 0.5) is 5.69 Å². The fourth-order valence-electron chi connectivity index (χ4n) is 4.00. The van der Waals surface area contributed by atoms with Crippen molar-refractivity contribution in [2.75, 3.05) is 0 Å². The zero-order chi connectivity index (χ0) is 17.3. The quantitative estimate of drug-likeness (QED) is 0.668. The molecule has 0 aromatic heterocycles. The van der Waals surface area contributed by atoms with E-state index in [0.29, 0.717) is 12.0 Å². The third kappa shape index (κ3) is 3.68. The maximum atomic E-state index is 10.7. The van der Waals surface area contributed by atoms with E-state index < -0.39 is 0 Å². The number of nitro benzene ring substituents is 1. The molecule has 2 aliphatic rings. The minimum Gasteiger partial charge on any atom is -0.356 e. The number of hydrogen-bond acceptors (Lipinski definition) is 4. The van der Waals surface area contributed by atoms with E-state index in [2.05, 4.69) is 26.1 Å². The van der Waals surface area contributed by atoms with Crippen LogP contribution in [-0.2, 0) is 4.74 Å². The van der Waals surface area contributed by atoms with Crippen molar-refractivity contribution < 1.29 is 9.66 Å². The van der Waals surface area contributed by atoms with Crippen LogP contribution in [0.25, 0.3) is 6.08 Å². The van der Waals surface area contributed by atoms with Crippen LogP contribution in [0.2, 0.25) is 0 Å². The third-order valence-electron chi connectivity index (χ3n) is 5.38. The van der Waals surface area contributed by atoms with Crippen LogP contribution in [-0.4, -0.2) is 22.8 Å². The summed E-state index contributed by atoms with van der Waals surface area (Å²) in [5.74, 6) is 1.28. The van der Waals surface area contributed by atoms with E-state index in [4.69, 9.17) is 4.74 Å². The van der Waals surface area contributed by atoms with Gasteiger partial charge in [0.05, 0.1) is 11.0 Å². The Balaban J connectivity index is 1.69. The molecule has 130 valence electrons. The van der Waals surface area contributed by atoms with Crippen LogP contribution in [0.15, 0.2) is 30.3 Å². The molecule has 24 heavy (non-hydrogen) atoms. The molecule has 0 unspecified atom stereocenters. The normalized spacial score (nSPS) is 32.5. The van der Waals surface area contributed by atoms with Gasteiger partial charge in [-0.1, -0.05) is 19.4 Å². The molecule has 1 heterocycles. The van der Waals surface area contributed by atoms with Crippen molar-refractivity contribution >= 4 is 11.8 Å². The van der Waals surface area contributed by atoms with E-state index in [0.717, 1.165) is 17.9 Å². The highest BCUT2D eigenvalue weighted by molar-refractivity contribution is 5.52. The molecular weight excluding hydrogens is 304 g/mol. The molecular formula is C19H26N2O3. The lowest BCUT2D eigenvalue weighted by Crippen LogP contribution is -2.62. The smallest absolute Gasteiger partial charge is 0.269 e. The molecule has 1 aromatic carbocycles. The summed E-state index contributed by atoms with van der Waals surface area (Å²) < 4.78 is 6.27. The molecule has 1 aromatic rings. The Morgan fingerprint density at radius 1 is 1.29 bits per heavy atom. The standard InChI is InChI=1S/C19H26N2O3/c1-13-4-10-16-17(12-13)24-18(20-19(16,2)3)11-7-14-5-8-15(9-6-14)21(22)23/h5-9,11,13,16-18,20H,4,10,12H2,1-3H3/b11-7+/t13-,16-,17-,18+/m1/s1. The van der Waals surface area contributed by atoms with Crippen molar-refractivity contribution in [2.45, 2.75) is 57.9 Å². The zero-order valence-electron chi connectivity index (χ0n) is 14.6. The molecule has 1 saturated carbocycles. The van der Waals surface area contributed by atoms with E-state index in [1.807, 2.05) is 12.2 Å². The largest absolute Gasteiger partial charge is 0.356 e. The zero-order valence-corrected chi connectivity index (χ0v) is 14.6. The lowest BCUT2D eigenvalue weighted by Gasteiger charge is -2.51. The first kappa shape index (κ1) is 17.1. The molecule has 0 bridgehead atoms. The number of hydrogen-bond donors (Lipinski definition) is 1. The summed E-state index contributed by atoms with van der Waals surface area (Å²) in [7, 11) is 0. The molecule has 1 N–H and O–H groups in total. The molecule has 5 heteroatoms. The number of fused-ring (bicyclic) bond motifs is 1. The van der Waals surface area contributed by atoms with Gasteiger partial charge in [-0.3, -0.25) is 15.4 Å². The van der Waals surface area contributed by atoms with E-state index in [-0.39, 0.29) is 22.4 Å². The molecule has 5 nitrogen and oxygen atoms in total. The van der Waals surface area contributed by atoms with Gasteiger partial charge in [0, 0.05) is 23.6 Å². The third-order valence-corrected chi connectivity index (χ3v) is 5.38. The first-order chi connectivity index (χ1) is 11.3. The molecule has 4 atom stereocenters. The van der Waals surface area contributed by atoms with E-state index in [1.54, 1.807) is 12.1 Å². The monoisotopic (exact) mass is 330 g/mol. The van der Waals surface area contributed by atoms with Crippen LogP contribution >= 0.6 is 0 Å². The minimum absolute atomic E-state index is 0.0491. The number of nitrogens with zero attached hydrogens (tertiary/aromatic N) is 1. The second-order valence-electron chi connectivity index (χ2n) is 7.69. The number of non-ortho nitro benzene ring substituents is 1. The number of ether oxygens (including phenoxy) is 1. The predicted octanol–water partition coefficient (Wildman–Crippen LogP) is 4.14. The summed E-state index contributed by atoms with van der Waals surface area (Å²) in [6, 6.07) is 6.57. The predicted molar refractivity (Wildman–Crippen MR) is 94.5 cm³/mol. The van der Waals surface area contributed by atoms with E-state index in [9.17, 15) is 10.1 Å². The molecule has 1 aliphatic heterocycles. The number of benzene rings is 1. The first-order valence-electron chi connectivity index (χ1n) is 8.71. The van der Waals surface area contributed by atoms with Crippen molar-refractivity contribution in [3.05, 3.63) is 46.0 Å². The van der Waals surface area contributed by atoms with Crippen molar-refractivity contribution in [2.24, 2.45) is 11.8 Å². The topological polar surface area (TPSA) is 64.4 Å². The molecule has 0 radical (unpaired) electrons. The second-order valence-corrected chi connectivity index (χ2v) is 7.69. The maximum Gasteiger partial charge on any atom is 0.269 e. The Labute approximate surface area is 143 Å². The highest BCUT2D eigenvalue weighted by Gasteiger charge is 2.44. The van der Waals surface area contributed by atoms with Gasteiger partial charge in [-0.05, 0) is 56.4 Å².